The van der Waals surface area contributed by atoms with Crippen molar-refractivity contribution >= 4 is 5.97 Å². The van der Waals surface area contributed by atoms with Crippen LogP contribution in [-0.2, 0) is 9.53 Å². The first-order valence-electron chi connectivity index (χ1n) is 3.82. The summed E-state index contributed by atoms with van der Waals surface area (Å²) in [6, 6.07) is 0. The van der Waals surface area contributed by atoms with Crippen LogP contribution < -0.4 is 0 Å². The molecule has 0 amide bonds. The van der Waals surface area contributed by atoms with E-state index in [9.17, 15) is 4.79 Å². The summed E-state index contributed by atoms with van der Waals surface area (Å²) in [7, 11) is 1.39. The molecule has 0 spiro atoms. The van der Waals surface area contributed by atoms with Gasteiger partial charge in [0.2, 0.25) is 0 Å². The standard InChI is InChI=1S/C9H14O2/c1-9(2)6-7(9)4-5-8(10)11-3/h4-5,7H,6H2,1-3H3. The average molecular weight is 154 g/mol. The number of allylic oxidation sites excluding steroid dienone is 1. The van der Waals surface area contributed by atoms with E-state index in [4.69, 9.17) is 0 Å². The first kappa shape index (κ1) is 8.31. The second-order valence-corrected chi connectivity index (χ2v) is 3.68. The van der Waals surface area contributed by atoms with E-state index >= 15 is 0 Å². The van der Waals surface area contributed by atoms with Crippen LogP contribution in [0, 0.1) is 11.3 Å². The summed E-state index contributed by atoms with van der Waals surface area (Å²) in [6.45, 7) is 4.39. The lowest BCUT2D eigenvalue weighted by molar-refractivity contribution is -0.134. The number of hydrogen-bond donors (Lipinski definition) is 0. The van der Waals surface area contributed by atoms with Crippen LogP contribution in [0.25, 0.3) is 0 Å². The molecule has 2 heteroatoms. The summed E-state index contributed by atoms with van der Waals surface area (Å²) in [5, 5.41) is 0. The first-order chi connectivity index (χ1) is 5.06. The molecule has 0 heterocycles. The third kappa shape index (κ3) is 2.07. The van der Waals surface area contributed by atoms with Crippen molar-refractivity contribution in [2.45, 2.75) is 20.3 Å². The van der Waals surface area contributed by atoms with E-state index in [-0.39, 0.29) is 5.97 Å². The van der Waals surface area contributed by atoms with Crippen molar-refractivity contribution in [3.8, 4) is 0 Å². The minimum atomic E-state index is -0.257. The van der Waals surface area contributed by atoms with E-state index in [2.05, 4.69) is 18.6 Å². The SMILES string of the molecule is COC(=O)C=CC1CC1(C)C. The fourth-order valence-electron chi connectivity index (χ4n) is 1.10. The molecule has 0 saturated heterocycles. The van der Waals surface area contributed by atoms with Gasteiger partial charge in [-0.25, -0.2) is 4.79 Å². The number of rotatable bonds is 2. The van der Waals surface area contributed by atoms with Gasteiger partial charge in [0.1, 0.15) is 0 Å². The minimum Gasteiger partial charge on any atom is -0.466 e. The van der Waals surface area contributed by atoms with Gasteiger partial charge < -0.3 is 4.74 Å². The number of methoxy groups -OCH3 is 1. The van der Waals surface area contributed by atoms with Crippen LogP contribution in [0.3, 0.4) is 0 Å². The normalized spacial score (nSPS) is 27.0. The van der Waals surface area contributed by atoms with Crippen molar-refractivity contribution in [1.82, 2.24) is 0 Å². The van der Waals surface area contributed by atoms with Gasteiger partial charge in [-0.2, -0.15) is 0 Å². The molecule has 1 fully saturated rings. The quantitative estimate of drug-likeness (QED) is 0.447. The molecule has 2 nitrogen and oxygen atoms in total. The van der Waals surface area contributed by atoms with Crippen LogP contribution in [-0.4, -0.2) is 13.1 Å². The third-order valence-corrected chi connectivity index (χ3v) is 2.26. The highest BCUT2D eigenvalue weighted by atomic mass is 16.5. The van der Waals surface area contributed by atoms with Gasteiger partial charge in [0.25, 0.3) is 0 Å². The maximum absolute atomic E-state index is 10.6. The molecule has 11 heavy (non-hydrogen) atoms. The number of ether oxygens (including phenoxy) is 1. The Morgan fingerprint density at radius 1 is 1.64 bits per heavy atom. The van der Waals surface area contributed by atoms with Crippen molar-refractivity contribution < 1.29 is 9.53 Å². The number of carbonyl (C=O) groups is 1. The highest BCUT2D eigenvalue weighted by molar-refractivity contribution is 5.81. The van der Waals surface area contributed by atoms with Crippen LogP contribution in [0.15, 0.2) is 12.2 Å². The molecule has 0 N–H and O–H groups in total. The molecule has 0 aromatic heterocycles. The highest BCUT2D eigenvalue weighted by Crippen LogP contribution is 2.52. The van der Waals surface area contributed by atoms with Gasteiger partial charge >= 0.3 is 5.97 Å². The van der Waals surface area contributed by atoms with Gasteiger partial charge in [0.05, 0.1) is 7.11 Å². The summed E-state index contributed by atoms with van der Waals surface area (Å²) in [6.07, 6.45) is 4.63. The van der Waals surface area contributed by atoms with Gasteiger partial charge in [-0.05, 0) is 17.8 Å². The van der Waals surface area contributed by atoms with Gasteiger partial charge in [-0.15, -0.1) is 0 Å². The Balaban J connectivity index is 2.33. The second-order valence-electron chi connectivity index (χ2n) is 3.68. The molecule has 0 bridgehead atoms. The van der Waals surface area contributed by atoms with E-state index in [1.807, 2.05) is 6.08 Å². The van der Waals surface area contributed by atoms with Gasteiger partial charge in [-0.3, -0.25) is 0 Å². The predicted molar refractivity (Wildman–Crippen MR) is 43.0 cm³/mol. The lowest BCUT2D eigenvalue weighted by Gasteiger charge is -1.95. The molecule has 0 aliphatic heterocycles. The Labute approximate surface area is 67.2 Å². The number of hydrogen-bond acceptors (Lipinski definition) is 2. The molecule has 1 unspecified atom stereocenters. The maximum Gasteiger partial charge on any atom is 0.330 e. The molecule has 1 aliphatic rings. The topological polar surface area (TPSA) is 26.3 Å². The Hall–Kier alpha value is -0.790. The van der Waals surface area contributed by atoms with Crippen molar-refractivity contribution in [2.24, 2.45) is 11.3 Å². The fraction of sp³-hybridized carbons (Fsp3) is 0.667. The van der Waals surface area contributed by atoms with Crippen molar-refractivity contribution in [2.75, 3.05) is 7.11 Å². The van der Waals surface area contributed by atoms with Crippen LogP contribution in [0.2, 0.25) is 0 Å². The second kappa shape index (κ2) is 2.68. The molecular formula is C9H14O2. The molecule has 1 aliphatic carbocycles. The predicted octanol–water partition coefficient (Wildman–Crippen LogP) is 1.76. The zero-order valence-electron chi connectivity index (χ0n) is 7.26. The summed E-state index contributed by atoms with van der Waals surface area (Å²) in [5.41, 5.74) is 0.407. The van der Waals surface area contributed by atoms with E-state index in [0.717, 1.165) is 0 Å². The van der Waals surface area contributed by atoms with Gasteiger partial charge in [0, 0.05) is 6.08 Å². The lowest BCUT2D eigenvalue weighted by atomic mass is 10.1. The molecule has 1 rings (SSSR count). The van der Waals surface area contributed by atoms with E-state index in [1.54, 1.807) is 0 Å². The number of esters is 1. The monoisotopic (exact) mass is 154 g/mol. The van der Waals surface area contributed by atoms with Gasteiger partial charge in [-0.1, -0.05) is 19.9 Å². The first-order valence-corrected chi connectivity index (χ1v) is 3.82. The van der Waals surface area contributed by atoms with Crippen LogP contribution in [0.5, 0.6) is 0 Å². The lowest BCUT2D eigenvalue weighted by Crippen LogP contribution is -1.94. The largest absolute Gasteiger partial charge is 0.466 e. The van der Waals surface area contributed by atoms with E-state index in [1.165, 1.54) is 19.6 Å². The zero-order chi connectivity index (χ0) is 8.48. The molecule has 0 aromatic rings. The third-order valence-electron chi connectivity index (χ3n) is 2.26. The van der Waals surface area contributed by atoms with Crippen LogP contribution >= 0.6 is 0 Å². The fourth-order valence-corrected chi connectivity index (χ4v) is 1.10. The smallest absolute Gasteiger partial charge is 0.330 e. The summed E-state index contributed by atoms with van der Waals surface area (Å²) < 4.78 is 4.47. The Kier molecular flexibility index (Phi) is 2.03. The molecule has 0 radical (unpaired) electrons. The maximum atomic E-state index is 10.6. The molecule has 1 saturated carbocycles. The Bertz CT molecular complexity index is 192. The Morgan fingerprint density at radius 3 is 2.55 bits per heavy atom. The Morgan fingerprint density at radius 2 is 2.18 bits per heavy atom. The minimum absolute atomic E-state index is 0.257. The van der Waals surface area contributed by atoms with Crippen molar-refractivity contribution in [3.05, 3.63) is 12.2 Å². The van der Waals surface area contributed by atoms with Crippen molar-refractivity contribution in [3.63, 3.8) is 0 Å². The zero-order valence-corrected chi connectivity index (χ0v) is 7.26. The molecule has 1 atom stereocenters. The van der Waals surface area contributed by atoms with Crippen LogP contribution in [0.1, 0.15) is 20.3 Å². The number of carbonyl (C=O) groups excluding carboxylic acids is 1. The highest BCUT2D eigenvalue weighted by Gasteiger charge is 2.43. The molecular weight excluding hydrogens is 140 g/mol. The summed E-state index contributed by atoms with van der Waals surface area (Å²) in [5.74, 6) is 0.314. The average Bonchev–Trinajstić information content (AvgIpc) is 2.54. The summed E-state index contributed by atoms with van der Waals surface area (Å²) in [4.78, 5) is 10.6. The van der Waals surface area contributed by atoms with E-state index in [0.29, 0.717) is 11.3 Å². The molecule has 62 valence electrons. The van der Waals surface area contributed by atoms with Crippen molar-refractivity contribution in [1.29, 1.82) is 0 Å². The molecule has 0 aromatic carbocycles. The van der Waals surface area contributed by atoms with E-state index < -0.39 is 0 Å². The van der Waals surface area contributed by atoms with Crippen LogP contribution in [0.4, 0.5) is 0 Å². The summed E-state index contributed by atoms with van der Waals surface area (Å²) >= 11 is 0. The van der Waals surface area contributed by atoms with Gasteiger partial charge in [0.15, 0.2) is 0 Å².